The Labute approximate surface area is 93.7 Å². The Bertz CT molecular complexity index is 361. The first-order valence-electron chi connectivity index (χ1n) is 4.01. The van der Waals surface area contributed by atoms with E-state index < -0.39 is 18.1 Å². The Hall–Kier alpha value is -1.43. The van der Waals surface area contributed by atoms with Gasteiger partial charge in [-0.05, 0) is 24.3 Å². The zero-order chi connectivity index (χ0) is 12.2. The minimum Gasteiger partial charge on any atom is -0.446 e. The van der Waals surface area contributed by atoms with Crippen molar-refractivity contribution in [1.29, 1.82) is 0 Å². The van der Waals surface area contributed by atoms with Gasteiger partial charge < -0.3 is 9.47 Å². The van der Waals surface area contributed by atoms with Gasteiger partial charge in [-0.1, -0.05) is 11.6 Å². The van der Waals surface area contributed by atoms with Gasteiger partial charge in [-0.25, -0.2) is 4.79 Å². The lowest BCUT2D eigenvalue weighted by molar-refractivity contribution is -0.274. The molecule has 0 unspecified atom stereocenters. The molecule has 0 bridgehead atoms. The van der Waals surface area contributed by atoms with E-state index in [0.717, 1.165) is 24.3 Å². The van der Waals surface area contributed by atoms with Crippen molar-refractivity contribution in [3.63, 3.8) is 0 Å². The lowest BCUT2D eigenvalue weighted by atomic mass is 10.2. The van der Waals surface area contributed by atoms with Gasteiger partial charge in [0.2, 0.25) is 0 Å². The van der Waals surface area contributed by atoms with Crippen molar-refractivity contribution < 1.29 is 27.4 Å². The van der Waals surface area contributed by atoms with Crippen molar-refractivity contribution in [1.82, 2.24) is 0 Å². The minimum atomic E-state index is -4.75. The molecule has 0 heterocycles. The summed E-state index contributed by atoms with van der Waals surface area (Å²) in [6.07, 6.45) is -4.75. The largest absolute Gasteiger partial charge is 0.573 e. The van der Waals surface area contributed by atoms with Crippen molar-refractivity contribution in [2.24, 2.45) is 0 Å². The molecular weight excluding hydrogens is 249 g/mol. The van der Waals surface area contributed by atoms with Crippen LogP contribution >= 0.6 is 11.6 Å². The fourth-order valence-electron chi connectivity index (χ4n) is 0.926. The fraction of sp³-hybridized carbons (Fsp3) is 0.222. The topological polar surface area (TPSA) is 35.5 Å². The maximum Gasteiger partial charge on any atom is 0.573 e. The molecule has 0 spiro atoms. The summed E-state index contributed by atoms with van der Waals surface area (Å²) in [5.41, 5.74) is 0.0928. The van der Waals surface area contributed by atoms with Crippen LogP contribution in [0.3, 0.4) is 0 Å². The van der Waals surface area contributed by atoms with Crippen LogP contribution in [0, 0.1) is 0 Å². The average molecular weight is 255 g/mol. The monoisotopic (exact) mass is 254 g/mol. The number of esters is 1. The molecular formula is C9H6ClF3O3. The number of hydrogen-bond acceptors (Lipinski definition) is 3. The van der Waals surface area contributed by atoms with Crippen LogP contribution in [0.25, 0.3) is 0 Å². The van der Waals surface area contributed by atoms with Crippen molar-refractivity contribution in [2.45, 2.75) is 6.36 Å². The summed E-state index contributed by atoms with van der Waals surface area (Å²) in [6, 6.07) is 4.00. The molecule has 0 atom stereocenters. The number of carbonyl (C=O) groups excluding carboxylic acids is 1. The average Bonchev–Trinajstić information content (AvgIpc) is 2.16. The van der Waals surface area contributed by atoms with Crippen LogP contribution in [0.1, 0.15) is 10.4 Å². The van der Waals surface area contributed by atoms with Gasteiger partial charge in [0.15, 0.2) is 6.07 Å². The maximum atomic E-state index is 11.8. The quantitative estimate of drug-likeness (QED) is 0.614. The number of rotatable bonds is 3. The van der Waals surface area contributed by atoms with Gasteiger partial charge in [-0.15, -0.1) is 13.2 Å². The van der Waals surface area contributed by atoms with Gasteiger partial charge >= 0.3 is 12.3 Å². The summed E-state index contributed by atoms with van der Waals surface area (Å²) in [4.78, 5) is 11.1. The highest BCUT2D eigenvalue weighted by Crippen LogP contribution is 2.22. The molecule has 0 aromatic heterocycles. The van der Waals surface area contributed by atoms with E-state index >= 15 is 0 Å². The van der Waals surface area contributed by atoms with E-state index in [1.54, 1.807) is 0 Å². The van der Waals surface area contributed by atoms with Crippen LogP contribution in [0.5, 0.6) is 5.75 Å². The molecule has 0 saturated heterocycles. The summed E-state index contributed by atoms with van der Waals surface area (Å²) < 4.78 is 43.4. The Balaban J connectivity index is 2.72. The van der Waals surface area contributed by atoms with Crippen molar-refractivity contribution in [3.8, 4) is 5.75 Å². The molecule has 0 N–H and O–H groups in total. The predicted octanol–water partition coefficient (Wildman–Crippen LogP) is 2.94. The first-order chi connectivity index (χ1) is 7.42. The van der Waals surface area contributed by atoms with Gasteiger partial charge in [0, 0.05) is 0 Å². The third-order valence-corrected chi connectivity index (χ3v) is 1.62. The van der Waals surface area contributed by atoms with Gasteiger partial charge in [0.05, 0.1) is 5.56 Å². The van der Waals surface area contributed by atoms with Crippen molar-refractivity contribution in [2.75, 3.05) is 6.07 Å². The second-order valence-electron chi connectivity index (χ2n) is 2.61. The molecule has 0 radical (unpaired) electrons. The summed E-state index contributed by atoms with van der Waals surface area (Å²) in [5, 5.41) is 0. The normalized spacial score (nSPS) is 11.0. The SMILES string of the molecule is O=C(OCCl)c1ccc(OC(F)(F)F)cc1. The molecule has 0 fully saturated rings. The zero-order valence-electron chi connectivity index (χ0n) is 7.75. The number of carbonyl (C=O) groups is 1. The van der Waals surface area contributed by atoms with Gasteiger partial charge in [-0.3, -0.25) is 0 Å². The number of benzene rings is 1. The Morgan fingerprint density at radius 2 is 1.81 bits per heavy atom. The van der Waals surface area contributed by atoms with Crippen molar-refractivity contribution in [3.05, 3.63) is 29.8 Å². The lowest BCUT2D eigenvalue weighted by Gasteiger charge is -2.08. The summed E-state index contributed by atoms with van der Waals surface area (Å²) >= 11 is 5.15. The predicted molar refractivity (Wildman–Crippen MR) is 49.3 cm³/mol. The standard InChI is InChI=1S/C9H6ClF3O3/c10-5-15-8(14)6-1-3-7(4-2-6)16-9(11,12)13/h1-4H,5H2. The van der Waals surface area contributed by atoms with Crippen LogP contribution in [0.15, 0.2) is 24.3 Å². The summed E-state index contributed by atoms with van der Waals surface area (Å²) in [5.74, 6) is -1.12. The van der Waals surface area contributed by atoms with E-state index in [0.29, 0.717) is 0 Å². The van der Waals surface area contributed by atoms with Crippen LogP contribution in [0.4, 0.5) is 13.2 Å². The van der Waals surface area contributed by atoms with Crippen LogP contribution in [-0.4, -0.2) is 18.4 Å². The molecule has 1 aromatic rings. The number of hydrogen-bond donors (Lipinski definition) is 0. The van der Waals surface area contributed by atoms with Crippen LogP contribution < -0.4 is 4.74 Å². The molecule has 0 amide bonds. The molecule has 1 aromatic carbocycles. The zero-order valence-corrected chi connectivity index (χ0v) is 8.51. The second-order valence-corrected chi connectivity index (χ2v) is 2.83. The maximum absolute atomic E-state index is 11.8. The number of halogens is 4. The highest BCUT2D eigenvalue weighted by atomic mass is 35.5. The van der Waals surface area contributed by atoms with Gasteiger partial charge in [0.25, 0.3) is 0 Å². The van der Waals surface area contributed by atoms with E-state index in [-0.39, 0.29) is 11.6 Å². The second kappa shape index (κ2) is 5.07. The molecule has 88 valence electrons. The smallest absolute Gasteiger partial charge is 0.446 e. The molecule has 1 rings (SSSR count). The van der Waals surface area contributed by atoms with E-state index in [2.05, 4.69) is 9.47 Å². The van der Waals surface area contributed by atoms with Gasteiger partial charge in [0.1, 0.15) is 5.75 Å². The molecule has 7 heteroatoms. The number of ether oxygens (including phenoxy) is 2. The van der Waals surface area contributed by atoms with E-state index in [1.165, 1.54) is 0 Å². The number of alkyl halides is 4. The van der Waals surface area contributed by atoms with Crippen molar-refractivity contribution >= 4 is 17.6 Å². The first kappa shape index (κ1) is 12.6. The summed E-state index contributed by atoms with van der Waals surface area (Å²) in [7, 11) is 0. The molecule has 0 aliphatic carbocycles. The lowest BCUT2D eigenvalue weighted by Crippen LogP contribution is -2.17. The summed E-state index contributed by atoms with van der Waals surface area (Å²) in [6.45, 7) is 0. The fourth-order valence-corrected chi connectivity index (χ4v) is 1.02. The van der Waals surface area contributed by atoms with Crippen LogP contribution in [0.2, 0.25) is 0 Å². The molecule has 0 aliphatic heterocycles. The van der Waals surface area contributed by atoms with E-state index in [4.69, 9.17) is 11.6 Å². The highest BCUT2D eigenvalue weighted by Gasteiger charge is 2.31. The Kier molecular flexibility index (Phi) is 4.00. The third-order valence-electron chi connectivity index (χ3n) is 1.51. The first-order valence-corrected chi connectivity index (χ1v) is 4.55. The molecule has 16 heavy (non-hydrogen) atoms. The Morgan fingerprint density at radius 3 is 2.25 bits per heavy atom. The third kappa shape index (κ3) is 3.98. The minimum absolute atomic E-state index is 0.0928. The highest BCUT2D eigenvalue weighted by molar-refractivity contribution is 6.17. The van der Waals surface area contributed by atoms with E-state index in [1.807, 2.05) is 0 Å². The van der Waals surface area contributed by atoms with E-state index in [9.17, 15) is 18.0 Å². The van der Waals surface area contributed by atoms with Crippen LogP contribution in [-0.2, 0) is 4.74 Å². The molecule has 0 saturated carbocycles. The Morgan fingerprint density at radius 1 is 1.25 bits per heavy atom. The molecule has 0 aliphatic rings. The molecule has 3 nitrogen and oxygen atoms in total. The van der Waals surface area contributed by atoms with Gasteiger partial charge in [-0.2, -0.15) is 0 Å².